The van der Waals surface area contributed by atoms with Gasteiger partial charge in [-0.15, -0.1) is 0 Å². The van der Waals surface area contributed by atoms with Crippen molar-refractivity contribution in [3.05, 3.63) is 28.2 Å². The first-order valence-corrected chi connectivity index (χ1v) is 6.06. The van der Waals surface area contributed by atoms with E-state index in [2.05, 4.69) is 0 Å². The molecule has 0 aliphatic carbocycles. The fourth-order valence-corrected chi connectivity index (χ4v) is 2.31. The van der Waals surface area contributed by atoms with Crippen molar-refractivity contribution in [2.24, 2.45) is 5.92 Å². The summed E-state index contributed by atoms with van der Waals surface area (Å²) in [6.45, 7) is 3.42. The van der Waals surface area contributed by atoms with Crippen molar-refractivity contribution >= 4 is 41.3 Å². The average Bonchev–Trinajstić information content (AvgIpc) is 2.25. The van der Waals surface area contributed by atoms with E-state index in [0.717, 1.165) is 4.90 Å². The molecule has 1 N–H and O–H groups in total. The Morgan fingerprint density at radius 2 is 1.83 bits per heavy atom. The zero-order valence-electron chi connectivity index (χ0n) is 9.93. The summed E-state index contributed by atoms with van der Waals surface area (Å²) in [5.41, 5.74) is 0.219. The van der Waals surface area contributed by atoms with E-state index >= 15 is 0 Å². The van der Waals surface area contributed by atoms with Gasteiger partial charge < -0.3 is 5.11 Å². The van der Waals surface area contributed by atoms with Crippen LogP contribution in [0.3, 0.4) is 0 Å². The minimum absolute atomic E-state index is 0.219. The van der Waals surface area contributed by atoms with Gasteiger partial charge in [0, 0.05) is 0 Å². The first kappa shape index (κ1) is 14.8. The maximum atomic E-state index is 11.3. The van der Waals surface area contributed by atoms with Gasteiger partial charge in [0.1, 0.15) is 6.04 Å². The number of carbonyl (C=O) groups excluding carboxylic acids is 1. The third kappa shape index (κ3) is 2.94. The van der Waals surface area contributed by atoms with Crippen molar-refractivity contribution in [1.29, 1.82) is 0 Å². The molecule has 1 amide bonds. The van der Waals surface area contributed by atoms with Gasteiger partial charge in [-0.25, -0.2) is 4.79 Å². The molecule has 0 saturated heterocycles. The van der Waals surface area contributed by atoms with E-state index in [4.69, 9.17) is 23.2 Å². The lowest BCUT2D eigenvalue weighted by atomic mass is 10.0. The molecule has 0 aromatic heterocycles. The first-order chi connectivity index (χ1) is 8.40. The molecule has 0 fully saturated rings. The van der Waals surface area contributed by atoms with Crippen molar-refractivity contribution in [3.8, 4) is 0 Å². The fourth-order valence-electron chi connectivity index (χ4n) is 1.72. The lowest BCUT2D eigenvalue weighted by Crippen LogP contribution is -2.44. The zero-order valence-corrected chi connectivity index (χ0v) is 11.4. The molecule has 4 nitrogen and oxygen atoms in total. The Kier molecular flexibility index (Phi) is 4.99. The summed E-state index contributed by atoms with van der Waals surface area (Å²) in [6, 6.07) is 3.72. The van der Waals surface area contributed by atoms with Crippen LogP contribution in [0.5, 0.6) is 0 Å². The van der Waals surface area contributed by atoms with Crippen molar-refractivity contribution in [2.75, 3.05) is 4.90 Å². The summed E-state index contributed by atoms with van der Waals surface area (Å²) in [4.78, 5) is 23.5. The van der Waals surface area contributed by atoms with E-state index in [-0.39, 0.29) is 21.7 Å². The van der Waals surface area contributed by atoms with Crippen LogP contribution in [0, 0.1) is 5.92 Å². The van der Waals surface area contributed by atoms with Crippen molar-refractivity contribution in [2.45, 2.75) is 19.9 Å². The predicted molar refractivity (Wildman–Crippen MR) is 71.3 cm³/mol. The molecule has 0 aliphatic heterocycles. The minimum Gasteiger partial charge on any atom is -0.480 e. The highest BCUT2D eigenvalue weighted by Crippen LogP contribution is 2.35. The number of carbonyl (C=O) groups is 2. The topological polar surface area (TPSA) is 57.6 Å². The molecule has 6 heteroatoms. The minimum atomic E-state index is -1.10. The number of hydrogen-bond acceptors (Lipinski definition) is 2. The molecule has 0 spiro atoms. The fraction of sp³-hybridized carbons (Fsp3) is 0.333. The largest absolute Gasteiger partial charge is 0.480 e. The van der Waals surface area contributed by atoms with Gasteiger partial charge in [-0.2, -0.15) is 0 Å². The quantitative estimate of drug-likeness (QED) is 0.848. The number of carboxylic acid groups (broad SMARTS) is 1. The van der Waals surface area contributed by atoms with E-state index < -0.39 is 12.0 Å². The molecule has 0 aliphatic rings. The SMILES string of the molecule is CC(C)C(C(=O)O)N(C=O)c1c(Cl)cccc1Cl. The predicted octanol–water partition coefficient (Wildman–Crippen LogP) is 3.07. The van der Waals surface area contributed by atoms with Crippen LogP contribution in [-0.2, 0) is 9.59 Å². The molecule has 1 unspecified atom stereocenters. The number of rotatable bonds is 5. The average molecular weight is 290 g/mol. The Bertz CT molecular complexity index is 442. The van der Waals surface area contributed by atoms with Crippen LogP contribution >= 0.6 is 23.2 Å². The number of para-hydroxylation sites is 1. The van der Waals surface area contributed by atoms with Gasteiger partial charge in [-0.1, -0.05) is 43.1 Å². The lowest BCUT2D eigenvalue weighted by molar-refractivity contribution is -0.140. The van der Waals surface area contributed by atoms with E-state index in [0.29, 0.717) is 6.41 Å². The van der Waals surface area contributed by atoms with Gasteiger partial charge in [0.2, 0.25) is 6.41 Å². The van der Waals surface area contributed by atoms with Gasteiger partial charge in [-0.3, -0.25) is 9.69 Å². The Labute approximate surface area is 115 Å². The van der Waals surface area contributed by atoms with Crippen molar-refractivity contribution < 1.29 is 14.7 Å². The number of carboxylic acids is 1. The molecular weight excluding hydrogens is 277 g/mol. The maximum absolute atomic E-state index is 11.3. The summed E-state index contributed by atoms with van der Waals surface area (Å²) in [5, 5.41) is 9.68. The van der Waals surface area contributed by atoms with Gasteiger partial charge in [0.25, 0.3) is 0 Å². The summed E-state index contributed by atoms with van der Waals surface area (Å²) < 4.78 is 0. The monoisotopic (exact) mass is 289 g/mol. The molecule has 1 atom stereocenters. The number of anilines is 1. The second kappa shape index (κ2) is 6.07. The van der Waals surface area contributed by atoms with Crippen LogP contribution in [0.2, 0.25) is 10.0 Å². The highest BCUT2D eigenvalue weighted by atomic mass is 35.5. The van der Waals surface area contributed by atoms with Crippen LogP contribution in [0.4, 0.5) is 5.69 Å². The Morgan fingerprint density at radius 1 is 1.33 bits per heavy atom. The van der Waals surface area contributed by atoms with E-state index in [1.165, 1.54) is 0 Å². The number of halogens is 2. The molecular formula is C12H13Cl2NO3. The number of nitrogens with zero attached hydrogens (tertiary/aromatic N) is 1. The van der Waals surface area contributed by atoms with E-state index in [1.54, 1.807) is 32.0 Å². The molecule has 0 heterocycles. The van der Waals surface area contributed by atoms with Crippen LogP contribution in [0.15, 0.2) is 18.2 Å². The van der Waals surface area contributed by atoms with Crippen LogP contribution in [-0.4, -0.2) is 23.5 Å². The van der Waals surface area contributed by atoms with Crippen LogP contribution < -0.4 is 4.90 Å². The molecule has 1 aromatic carbocycles. The van der Waals surface area contributed by atoms with Gasteiger partial charge in [-0.05, 0) is 18.1 Å². The van der Waals surface area contributed by atoms with Crippen LogP contribution in [0.25, 0.3) is 0 Å². The number of aliphatic carboxylic acids is 1. The second-order valence-corrected chi connectivity index (χ2v) is 4.92. The maximum Gasteiger partial charge on any atom is 0.327 e. The molecule has 18 heavy (non-hydrogen) atoms. The van der Waals surface area contributed by atoms with Gasteiger partial charge >= 0.3 is 5.97 Å². The van der Waals surface area contributed by atoms with Gasteiger partial charge in [0.05, 0.1) is 15.7 Å². The summed E-state index contributed by atoms with van der Waals surface area (Å²) in [6.07, 6.45) is 0.436. The smallest absolute Gasteiger partial charge is 0.327 e. The standard InChI is InChI=1S/C12H13Cl2NO3/c1-7(2)10(12(17)18)15(6-16)11-8(13)4-3-5-9(11)14/h3-7,10H,1-2H3,(H,17,18). The normalized spacial score (nSPS) is 12.3. The summed E-state index contributed by atoms with van der Waals surface area (Å²) >= 11 is 12.0. The third-order valence-electron chi connectivity index (χ3n) is 2.49. The molecule has 1 aromatic rings. The molecule has 0 bridgehead atoms. The Balaban J connectivity index is 3.32. The van der Waals surface area contributed by atoms with Gasteiger partial charge in [0.15, 0.2) is 0 Å². The Hall–Kier alpha value is -1.26. The zero-order chi connectivity index (χ0) is 13.9. The molecule has 98 valence electrons. The highest BCUT2D eigenvalue weighted by Gasteiger charge is 2.31. The van der Waals surface area contributed by atoms with E-state index in [1.807, 2.05) is 0 Å². The lowest BCUT2D eigenvalue weighted by Gasteiger charge is -2.29. The molecule has 1 rings (SSSR count). The summed E-state index contributed by atoms with van der Waals surface area (Å²) in [5.74, 6) is -1.38. The number of amides is 1. The summed E-state index contributed by atoms with van der Waals surface area (Å²) in [7, 11) is 0. The number of hydrogen-bond donors (Lipinski definition) is 1. The van der Waals surface area contributed by atoms with Crippen LogP contribution in [0.1, 0.15) is 13.8 Å². The number of benzene rings is 1. The third-order valence-corrected chi connectivity index (χ3v) is 3.10. The van der Waals surface area contributed by atoms with Crippen molar-refractivity contribution in [3.63, 3.8) is 0 Å². The van der Waals surface area contributed by atoms with E-state index in [9.17, 15) is 14.7 Å². The van der Waals surface area contributed by atoms with Crippen molar-refractivity contribution in [1.82, 2.24) is 0 Å². The Morgan fingerprint density at radius 3 is 2.17 bits per heavy atom. The molecule has 0 radical (unpaired) electrons. The molecule has 0 saturated carbocycles. The highest BCUT2D eigenvalue weighted by molar-refractivity contribution is 6.39. The second-order valence-electron chi connectivity index (χ2n) is 4.11. The first-order valence-electron chi connectivity index (χ1n) is 5.30.